The van der Waals surface area contributed by atoms with E-state index in [0.717, 1.165) is 19.5 Å². The van der Waals surface area contributed by atoms with E-state index in [1.54, 1.807) is 0 Å². The minimum Gasteiger partial charge on any atom is -0.317 e. The van der Waals surface area contributed by atoms with Gasteiger partial charge in [-0.1, -0.05) is 6.92 Å². The fourth-order valence-electron chi connectivity index (χ4n) is 2.17. The Morgan fingerprint density at radius 3 is 2.47 bits per heavy atom. The summed E-state index contributed by atoms with van der Waals surface area (Å²) in [4.78, 5) is 2.31. The molecule has 102 valence electrons. The van der Waals surface area contributed by atoms with Crippen LogP contribution in [0.25, 0.3) is 0 Å². The van der Waals surface area contributed by atoms with Crippen molar-refractivity contribution >= 4 is 9.84 Å². The molecule has 5 heteroatoms. The van der Waals surface area contributed by atoms with Crippen molar-refractivity contribution in [1.29, 1.82) is 0 Å². The van der Waals surface area contributed by atoms with E-state index in [1.807, 2.05) is 0 Å². The average Bonchev–Trinajstić information content (AvgIpc) is 2.28. The van der Waals surface area contributed by atoms with Crippen LogP contribution in [0.15, 0.2) is 0 Å². The van der Waals surface area contributed by atoms with Crippen LogP contribution in [0.2, 0.25) is 0 Å². The van der Waals surface area contributed by atoms with Crippen LogP contribution in [0.5, 0.6) is 0 Å². The smallest absolute Gasteiger partial charge is 0.152 e. The highest BCUT2D eigenvalue weighted by Crippen LogP contribution is 2.11. The quantitative estimate of drug-likeness (QED) is 0.692. The maximum Gasteiger partial charge on any atom is 0.152 e. The zero-order valence-corrected chi connectivity index (χ0v) is 11.9. The van der Waals surface area contributed by atoms with Crippen LogP contribution >= 0.6 is 0 Å². The molecule has 1 aliphatic heterocycles. The molecule has 0 saturated carbocycles. The lowest BCUT2D eigenvalue weighted by Gasteiger charge is -2.32. The predicted octanol–water partition coefficient (Wildman–Crippen LogP) is 0.885. The summed E-state index contributed by atoms with van der Waals surface area (Å²) in [6.07, 6.45) is 3.50. The third-order valence-corrected chi connectivity index (χ3v) is 5.01. The molecular formula is C12H26N2O2S. The van der Waals surface area contributed by atoms with Gasteiger partial charge in [0.15, 0.2) is 9.84 Å². The minimum atomic E-state index is -2.74. The standard InChI is InChI=1S/C12H26N2O2S/c1-3-6-13-7-4-5-12(2)14-8-10-17(15,16)11-9-14/h12-13H,3-11H2,1-2H3. The van der Waals surface area contributed by atoms with Gasteiger partial charge in [-0.2, -0.15) is 0 Å². The Morgan fingerprint density at radius 2 is 1.88 bits per heavy atom. The summed E-state index contributed by atoms with van der Waals surface area (Å²) in [6, 6.07) is 0.508. The molecular weight excluding hydrogens is 236 g/mol. The molecule has 1 saturated heterocycles. The van der Waals surface area contributed by atoms with Crippen LogP contribution in [0.4, 0.5) is 0 Å². The largest absolute Gasteiger partial charge is 0.317 e. The van der Waals surface area contributed by atoms with E-state index in [-0.39, 0.29) is 0 Å². The van der Waals surface area contributed by atoms with E-state index in [2.05, 4.69) is 24.1 Å². The van der Waals surface area contributed by atoms with Crippen molar-refractivity contribution in [3.8, 4) is 0 Å². The molecule has 0 amide bonds. The summed E-state index contributed by atoms with van der Waals surface area (Å²) in [5, 5.41) is 3.39. The first-order valence-corrected chi connectivity index (χ1v) is 8.52. The van der Waals surface area contributed by atoms with Gasteiger partial charge in [0, 0.05) is 19.1 Å². The van der Waals surface area contributed by atoms with Crippen molar-refractivity contribution in [2.45, 2.75) is 39.2 Å². The molecule has 0 aromatic carbocycles. The monoisotopic (exact) mass is 262 g/mol. The lowest BCUT2D eigenvalue weighted by atomic mass is 10.1. The van der Waals surface area contributed by atoms with Gasteiger partial charge in [0.25, 0.3) is 0 Å². The maximum atomic E-state index is 11.3. The van der Waals surface area contributed by atoms with Crippen LogP contribution < -0.4 is 5.32 Å². The molecule has 0 aromatic rings. The van der Waals surface area contributed by atoms with Crippen molar-refractivity contribution in [3.63, 3.8) is 0 Å². The van der Waals surface area contributed by atoms with E-state index in [0.29, 0.717) is 30.6 Å². The zero-order valence-electron chi connectivity index (χ0n) is 11.1. The highest BCUT2D eigenvalue weighted by Gasteiger charge is 2.24. The maximum absolute atomic E-state index is 11.3. The van der Waals surface area contributed by atoms with Gasteiger partial charge in [-0.15, -0.1) is 0 Å². The summed E-state index contributed by atoms with van der Waals surface area (Å²) < 4.78 is 22.6. The summed E-state index contributed by atoms with van der Waals surface area (Å²) in [5.41, 5.74) is 0. The Morgan fingerprint density at radius 1 is 1.24 bits per heavy atom. The summed E-state index contributed by atoms with van der Waals surface area (Å²) >= 11 is 0. The molecule has 1 fully saturated rings. The van der Waals surface area contributed by atoms with Gasteiger partial charge in [-0.25, -0.2) is 8.42 Å². The lowest BCUT2D eigenvalue weighted by Crippen LogP contribution is -2.45. The number of hydrogen-bond acceptors (Lipinski definition) is 4. The molecule has 1 atom stereocenters. The number of sulfone groups is 1. The Hall–Kier alpha value is -0.130. The van der Waals surface area contributed by atoms with Crippen molar-refractivity contribution < 1.29 is 8.42 Å². The molecule has 0 aromatic heterocycles. The molecule has 0 bridgehead atoms. The second-order valence-electron chi connectivity index (χ2n) is 4.93. The second kappa shape index (κ2) is 7.34. The molecule has 1 heterocycles. The van der Waals surface area contributed by atoms with Crippen molar-refractivity contribution in [1.82, 2.24) is 10.2 Å². The molecule has 17 heavy (non-hydrogen) atoms. The minimum absolute atomic E-state index is 0.339. The third kappa shape index (κ3) is 5.84. The van der Waals surface area contributed by atoms with E-state index < -0.39 is 9.84 Å². The topological polar surface area (TPSA) is 49.4 Å². The third-order valence-electron chi connectivity index (χ3n) is 3.40. The van der Waals surface area contributed by atoms with E-state index >= 15 is 0 Å². The molecule has 1 unspecified atom stereocenters. The highest BCUT2D eigenvalue weighted by atomic mass is 32.2. The zero-order chi connectivity index (χ0) is 12.7. The molecule has 1 N–H and O–H groups in total. The van der Waals surface area contributed by atoms with Crippen molar-refractivity contribution in [3.05, 3.63) is 0 Å². The fourth-order valence-corrected chi connectivity index (χ4v) is 3.40. The van der Waals surface area contributed by atoms with Crippen LogP contribution in [0.1, 0.15) is 33.1 Å². The van der Waals surface area contributed by atoms with Gasteiger partial charge in [0.2, 0.25) is 0 Å². The van der Waals surface area contributed by atoms with Crippen LogP contribution in [-0.2, 0) is 9.84 Å². The fraction of sp³-hybridized carbons (Fsp3) is 1.00. The molecule has 4 nitrogen and oxygen atoms in total. The first-order valence-electron chi connectivity index (χ1n) is 6.70. The van der Waals surface area contributed by atoms with Gasteiger partial charge in [-0.3, -0.25) is 4.90 Å². The van der Waals surface area contributed by atoms with Crippen LogP contribution in [0, 0.1) is 0 Å². The highest BCUT2D eigenvalue weighted by molar-refractivity contribution is 7.91. The Bertz CT molecular complexity index is 290. The van der Waals surface area contributed by atoms with Gasteiger partial charge < -0.3 is 5.32 Å². The number of hydrogen-bond donors (Lipinski definition) is 1. The molecule has 1 rings (SSSR count). The van der Waals surface area contributed by atoms with Gasteiger partial charge in [-0.05, 0) is 39.3 Å². The molecule has 1 aliphatic rings. The Balaban J connectivity index is 2.14. The van der Waals surface area contributed by atoms with E-state index in [4.69, 9.17) is 0 Å². The van der Waals surface area contributed by atoms with Gasteiger partial charge in [0.05, 0.1) is 11.5 Å². The van der Waals surface area contributed by atoms with E-state index in [9.17, 15) is 8.42 Å². The first kappa shape index (κ1) is 14.9. The normalized spacial score (nSPS) is 22.5. The average molecular weight is 262 g/mol. The molecule has 0 radical (unpaired) electrons. The SMILES string of the molecule is CCCNCCCC(C)N1CCS(=O)(=O)CC1. The Labute approximate surface area is 106 Å². The van der Waals surface area contributed by atoms with Crippen molar-refractivity contribution in [2.24, 2.45) is 0 Å². The van der Waals surface area contributed by atoms with Gasteiger partial charge >= 0.3 is 0 Å². The first-order chi connectivity index (χ1) is 8.05. The van der Waals surface area contributed by atoms with Crippen molar-refractivity contribution in [2.75, 3.05) is 37.7 Å². The second-order valence-corrected chi connectivity index (χ2v) is 7.23. The van der Waals surface area contributed by atoms with Crippen LogP contribution in [-0.4, -0.2) is 57.0 Å². The molecule has 0 spiro atoms. The summed E-state index contributed by atoms with van der Waals surface area (Å²) in [5.74, 6) is 0.677. The number of rotatable bonds is 7. The number of nitrogens with one attached hydrogen (secondary N) is 1. The predicted molar refractivity (Wildman–Crippen MR) is 72.1 cm³/mol. The molecule has 0 aliphatic carbocycles. The number of nitrogens with zero attached hydrogens (tertiary/aromatic N) is 1. The van der Waals surface area contributed by atoms with Gasteiger partial charge in [0.1, 0.15) is 0 Å². The van der Waals surface area contributed by atoms with E-state index in [1.165, 1.54) is 12.8 Å². The Kier molecular flexibility index (Phi) is 6.44. The summed E-state index contributed by atoms with van der Waals surface area (Å²) in [6.45, 7) is 7.97. The van der Waals surface area contributed by atoms with Crippen LogP contribution in [0.3, 0.4) is 0 Å². The summed E-state index contributed by atoms with van der Waals surface area (Å²) in [7, 11) is -2.74. The lowest BCUT2D eigenvalue weighted by molar-refractivity contribution is 0.213.